The molecule has 1 N–H and O–H groups in total. The number of rotatable bonds is 4. The Morgan fingerprint density at radius 3 is 2.50 bits per heavy atom. The maximum Gasteiger partial charge on any atom is 0.322 e. The molecular formula is C10H12BrNO2. The molecule has 0 aromatic heterocycles. The Hall–Kier alpha value is -0.870. The van der Waals surface area contributed by atoms with E-state index in [1.807, 2.05) is 30.3 Å². The minimum atomic E-state index is -0.826. The molecule has 3 nitrogen and oxygen atoms in total. The van der Waals surface area contributed by atoms with E-state index in [0.29, 0.717) is 6.42 Å². The topological polar surface area (TPSA) is 40.5 Å². The highest BCUT2D eigenvalue weighted by Gasteiger charge is 2.20. The highest BCUT2D eigenvalue weighted by atomic mass is 79.9. The van der Waals surface area contributed by atoms with E-state index in [-0.39, 0.29) is 0 Å². The lowest BCUT2D eigenvalue weighted by molar-refractivity contribution is -0.140. The number of likely N-dealkylation sites (N-methyl/N-ethyl adjacent to an activating group) is 1. The van der Waals surface area contributed by atoms with E-state index in [9.17, 15) is 4.79 Å². The summed E-state index contributed by atoms with van der Waals surface area (Å²) in [5.74, 6) is -0.826. The summed E-state index contributed by atoms with van der Waals surface area (Å²) in [7, 11) is 1.70. The third-order valence-corrected chi connectivity index (χ3v) is 2.48. The fourth-order valence-electron chi connectivity index (χ4n) is 1.20. The molecule has 0 radical (unpaired) electrons. The van der Waals surface area contributed by atoms with Crippen molar-refractivity contribution in [2.75, 3.05) is 7.05 Å². The zero-order chi connectivity index (χ0) is 10.6. The highest BCUT2D eigenvalue weighted by Crippen LogP contribution is 2.10. The van der Waals surface area contributed by atoms with Gasteiger partial charge >= 0.3 is 5.97 Å². The summed E-state index contributed by atoms with van der Waals surface area (Å²) >= 11 is 3.15. The second-order valence-corrected chi connectivity index (χ2v) is 4.19. The smallest absolute Gasteiger partial charge is 0.322 e. The van der Waals surface area contributed by atoms with Gasteiger partial charge in [0.1, 0.15) is 6.04 Å². The van der Waals surface area contributed by atoms with Crippen molar-refractivity contribution in [3.05, 3.63) is 35.9 Å². The zero-order valence-corrected chi connectivity index (χ0v) is 9.44. The number of hydrogen-bond donors (Lipinski definition) is 1. The maximum atomic E-state index is 10.9. The summed E-state index contributed by atoms with van der Waals surface area (Å²) in [4.78, 5) is 10.9. The lowest BCUT2D eigenvalue weighted by atomic mass is 10.1. The van der Waals surface area contributed by atoms with Gasteiger partial charge in [0, 0.05) is 16.1 Å². The Labute approximate surface area is 91.7 Å². The second kappa shape index (κ2) is 5.12. The van der Waals surface area contributed by atoms with Gasteiger partial charge < -0.3 is 5.11 Å². The maximum absolute atomic E-state index is 10.9. The van der Waals surface area contributed by atoms with E-state index in [2.05, 4.69) is 16.1 Å². The molecule has 0 heterocycles. The van der Waals surface area contributed by atoms with Gasteiger partial charge in [-0.25, -0.2) is 3.93 Å². The summed E-state index contributed by atoms with van der Waals surface area (Å²) < 4.78 is 1.53. The fourth-order valence-corrected chi connectivity index (χ4v) is 1.52. The molecule has 1 aromatic rings. The van der Waals surface area contributed by atoms with E-state index >= 15 is 0 Å². The van der Waals surface area contributed by atoms with Gasteiger partial charge in [-0.05, 0) is 19.0 Å². The normalized spacial score (nSPS) is 12.8. The van der Waals surface area contributed by atoms with Crippen LogP contribution in [0, 0.1) is 0 Å². The van der Waals surface area contributed by atoms with Crippen molar-refractivity contribution in [2.45, 2.75) is 12.5 Å². The van der Waals surface area contributed by atoms with Crippen molar-refractivity contribution in [3.63, 3.8) is 0 Å². The van der Waals surface area contributed by atoms with Gasteiger partial charge in [0.2, 0.25) is 0 Å². The minimum Gasteiger partial charge on any atom is -0.480 e. The molecule has 0 bridgehead atoms. The Balaban J connectivity index is 2.70. The fraction of sp³-hybridized carbons (Fsp3) is 0.300. The Bertz CT molecular complexity index is 300. The van der Waals surface area contributed by atoms with Crippen molar-refractivity contribution in [1.82, 2.24) is 3.93 Å². The van der Waals surface area contributed by atoms with Gasteiger partial charge in [-0.2, -0.15) is 0 Å². The Morgan fingerprint density at radius 1 is 1.50 bits per heavy atom. The molecule has 4 heteroatoms. The summed E-state index contributed by atoms with van der Waals surface area (Å²) in [5.41, 5.74) is 1.02. The van der Waals surface area contributed by atoms with Crippen LogP contribution in [0.5, 0.6) is 0 Å². The van der Waals surface area contributed by atoms with Crippen LogP contribution < -0.4 is 0 Å². The third kappa shape index (κ3) is 3.12. The monoisotopic (exact) mass is 257 g/mol. The first kappa shape index (κ1) is 11.2. The predicted octanol–water partition coefficient (Wildman–Crippen LogP) is 1.92. The molecule has 0 saturated heterocycles. The molecule has 0 amide bonds. The number of halogens is 1. The van der Waals surface area contributed by atoms with Crippen LogP contribution in [-0.4, -0.2) is 28.1 Å². The quantitative estimate of drug-likeness (QED) is 0.839. The number of hydrogen-bond acceptors (Lipinski definition) is 2. The van der Waals surface area contributed by atoms with Crippen LogP contribution in [0.25, 0.3) is 0 Å². The standard InChI is InChI=1S/C10H12BrNO2/c1-12(11)9(10(13)14)7-8-5-3-2-4-6-8/h2-6,9H,7H2,1H3,(H,13,14)/t9-/m0/s1. The summed E-state index contributed by atoms with van der Waals surface area (Å²) in [6.45, 7) is 0. The molecule has 0 spiro atoms. The van der Waals surface area contributed by atoms with Crippen molar-refractivity contribution in [1.29, 1.82) is 0 Å². The largest absolute Gasteiger partial charge is 0.480 e. The van der Waals surface area contributed by atoms with Crippen LogP contribution in [0.4, 0.5) is 0 Å². The van der Waals surface area contributed by atoms with Gasteiger partial charge in [0.25, 0.3) is 0 Å². The van der Waals surface area contributed by atoms with Crippen molar-refractivity contribution in [2.24, 2.45) is 0 Å². The molecule has 1 aromatic carbocycles. The lowest BCUT2D eigenvalue weighted by Gasteiger charge is -2.17. The number of carboxylic acid groups (broad SMARTS) is 1. The van der Waals surface area contributed by atoms with Gasteiger partial charge in [-0.1, -0.05) is 30.3 Å². The zero-order valence-electron chi connectivity index (χ0n) is 7.85. The molecule has 0 fully saturated rings. The molecule has 1 rings (SSSR count). The van der Waals surface area contributed by atoms with E-state index in [4.69, 9.17) is 5.11 Å². The molecule has 0 saturated carbocycles. The first-order valence-corrected chi connectivity index (χ1v) is 4.97. The summed E-state index contributed by atoms with van der Waals surface area (Å²) in [5, 5.41) is 8.93. The van der Waals surface area contributed by atoms with Crippen LogP contribution in [0.15, 0.2) is 30.3 Å². The van der Waals surface area contributed by atoms with Gasteiger partial charge in [-0.3, -0.25) is 4.79 Å². The lowest BCUT2D eigenvalue weighted by Crippen LogP contribution is -2.33. The average molecular weight is 258 g/mol. The molecule has 0 aliphatic rings. The van der Waals surface area contributed by atoms with E-state index in [1.165, 1.54) is 3.93 Å². The number of aliphatic carboxylic acids is 1. The van der Waals surface area contributed by atoms with Gasteiger partial charge in [-0.15, -0.1) is 0 Å². The molecule has 76 valence electrons. The van der Waals surface area contributed by atoms with Crippen LogP contribution in [0.2, 0.25) is 0 Å². The van der Waals surface area contributed by atoms with Gasteiger partial charge in [0.05, 0.1) is 0 Å². The van der Waals surface area contributed by atoms with Gasteiger partial charge in [0.15, 0.2) is 0 Å². The minimum absolute atomic E-state index is 0.498. The van der Waals surface area contributed by atoms with Crippen LogP contribution in [0.1, 0.15) is 5.56 Å². The Morgan fingerprint density at radius 2 is 2.07 bits per heavy atom. The number of benzene rings is 1. The number of nitrogens with zero attached hydrogens (tertiary/aromatic N) is 1. The first-order valence-electron chi connectivity index (χ1n) is 4.26. The van der Waals surface area contributed by atoms with Crippen LogP contribution >= 0.6 is 16.1 Å². The second-order valence-electron chi connectivity index (χ2n) is 3.07. The van der Waals surface area contributed by atoms with E-state index in [0.717, 1.165) is 5.56 Å². The summed E-state index contributed by atoms with van der Waals surface area (Å²) in [6, 6.07) is 9.04. The highest BCUT2D eigenvalue weighted by molar-refractivity contribution is 9.07. The molecular weight excluding hydrogens is 246 g/mol. The van der Waals surface area contributed by atoms with Crippen molar-refractivity contribution < 1.29 is 9.90 Å². The number of carboxylic acids is 1. The van der Waals surface area contributed by atoms with Crippen molar-refractivity contribution in [3.8, 4) is 0 Å². The van der Waals surface area contributed by atoms with Crippen LogP contribution in [0.3, 0.4) is 0 Å². The summed E-state index contributed by atoms with van der Waals surface area (Å²) in [6.07, 6.45) is 0.498. The molecule has 0 unspecified atom stereocenters. The molecule has 14 heavy (non-hydrogen) atoms. The molecule has 0 aliphatic heterocycles. The molecule has 0 aliphatic carbocycles. The third-order valence-electron chi connectivity index (χ3n) is 1.99. The van der Waals surface area contributed by atoms with Crippen LogP contribution in [-0.2, 0) is 11.2 Å². The average Bonchev–Trinajstić information content (AvgIpc) is 2.15. The Kier molecular flexibility index (Phi) is 4.10. The first-order chi connectivity index (χ1) is 6.61. The predicted molar refractivity (Wildman–Crippen MR) is 58.3 cm³/mol. The molecule has 1 atom stereocenters. The van der Waals surface area contributed by atoms with E-state index < -0.39 is 12.0 Å². The van der Waals surface area contributed by atoms with Crippen molar-refractivity contribution >= 4 is 22.1 Å². The van der Waals surface area contributed by atoms with E-state index in [1.54, 1.807) is 7.05 Å². The SMILES string of the molecule is CN(Br)[C@@H](Cc1ccccc1)C(=O)O. The number of carbonyl (C=O) groups is 1.